The van der Waals surface area contributed by atoms with Crippen molar-refractivity contribution in [1.82, 2.24) is 15.1 Å². The van der Waals surface area contributed by atoms with E-state index in [9.17, 15) is 4.79 Å². The van der Waals surface area contributed by atoms with Gasteiger partial charge in [-0.15, -0.1) is 11.3 Å². The lowest BCUT2D eigenvalue weighted by molar-refractivity contribution is 0.173. The quantitative estimate of drug-likeness (QED) is 0.805. The highest BCUT2D eigenvalue weighted by Crippen LogP contribution is 2.17. The number of nitrogens with zero attached hydrogens (tertiary/aromatic N) is 2. The molecule has 0 bridgehead atoms. The van der Waals surface area contributed by atoms with Crippen molar-refractivity contribution in [2.75, 3.05) is 39.3 Å². The maximum absolute atomic E-state index is 12.2. The number of carbonyl (C=O) groups excluding carboxylic acids is 1. The average molecular weight is 311 g/mol. The molecule has 2 rings (SSSR count). The van der Waals surface area contributed by atoms with E-state index < -0.39 is 0 Å². The minimum Gasteiger partial charge on any atom is -0.395 e. The topological polar surface area (TPSA) is 55.8 Å². The fourth-order valence-corrected chi connectivity index (χ4v) is 3.48. The number of urea groups is 1. The third-order valence-electron chi connectivity index (χ3n) is 3.70. The van der Waals surface area contributed by atoms with Crippen LogP contribution in [-0.4, -0.2) is 60.3 Å². The number of nitrogens with one attached hydrogen (secondary N) is 1. The molecule has 1 aliphatic heterocycles. The van der Waals surface area contributed by atoms with E-state index in [1.165, 1.54) is 17.7 Å². The van der Waals surface area contributed by atoms with Crippen LogP contribution in [0.5, 0.6) is 0 Å². The maximum Gasteiger partial charge on any atom is 0.317 e. The smallest absolute Gasteiger partial charge is 0.317 e. The fourth-order valence-electron chi connectivity index (χ4n) is 2.57. The maximum atomic E-state index is 12.2. The zero-order valence-corrected chi connectivity index (χ0v) is 13.5. The highest BCUT2D eigenvalue weighted by molar-refractivity contribution is 7.11. The highest BCUT2D eigenvalue weighted by Gasteiger charge is 2.15. The van der Waals surface area contributed by atoms with E-state index in [-0.39, 0.29) is 12.6 Å². The van der Waals surface area contributed by atoms with Crippen molar-refractivity contribution in [2.24, 2.45) is 0 Å². The molecule has 0 saturated carbocycles. The Morgan fingerprint density at radius 2 is 2.19 bits per heavy atom. The Morgan fingerprint density at radius 1 is 1.43 bits per heavy atom. The Hall–Kier alpha value is -1.11. The van der Waals surface area contributed by atoms with E-state index in [1.807, 2.05) is 6.07 Å². The molecule has 1 aliphatic rings. The third kappa shape index (κ3) is 5.30. The van der Waals surface area contributed by atoms with Gasteiger partial charge in [0.1, 0.15) is 0 Å². The number of amides is 2. The number of aliphatic hydroxyl groups excluding tert-OH is 1. The number of hydrogen-bond donors (Lipinski definition) is 2. The van der Waals surface area contributed by atoms with Gasteiger partial charge in [0, 0.05) is 29.4 Å². The Bertz CT molecular complexity index is 444. The summed E-state index contributed by atoms with van der Waals surface area (Å²) in [5, 5.41) is 12.1. The van der Waals surface area contributed by atoms with Crippen molar-refractivity contribution in [1.29, 1.82) is 0 Å². The van der Waals surface area contributed by atoms with Crippen LogP contribution in [0.3, 0.4) is 0 Å². The van der Waals surface area contributed by atoms with Crippen molar-refractivity contribution >= 4 is 17.4 Å². The van der Waals surface area contributed by atoms with Gasteiger partial charge in [0.25, 0.3) is 0 Å². The Kier molecular flexibility index (Phi) is 6.48. The predicted molar refractivity (Wildman–Crippen MR) is 85.6 cm³/mol. The van der Waals surface area contributed by atoms with Gasteiger partial charge in [-0.3, -0.25) is 0 Å². The lowest BCUT2D eigenvalue weighted by Gasteiger charge is -2.22. The van der Waals surface area contributed by atoms with Crippen molar-refractivity contribution in [3.8, 4) is 0 Å². The van der Waals surface area contributed by atoms with Crippen molar-refractivity contribution < 1.29 is 9.90 Å². The molecule has 0 unspecified atom stereocenters. The molecule has 0 atom stereocenters. The third-order valence-corrected chi connectivity index (χ3v) is 4.69. The molecule has 0 spiro atoms. The summed E-state index contributed by atoms with van der Waals surface area (Å²) in [7, 11) is 0. The molecule has 1 fully saturated rings. The van der Waals surface area contributed by atoms with Crippen LogP contribution in [0.4, 0.5) is 4.79 Å². The van der Waals surface area contributed by atoms with Gasteiger partial charge in [-0.25, -0.2) is 4.79 Å². The first-order valence-corrected chi connectivity index (χ1v) is 8.42. The number of aryl methyl sites for hydroxylation is 1. The Balaban J connectivity index is 1.77. The van der Waals surface area contributed by atoms with Crippen LogP contribution in [-0.2, 0) is 6.54 Å². The first kappa shape index (κ1) is 16.3. The van der Waals surface area contributed by atoms with E-state index in [4.69, 9.17) is 5.11 Å². The van der Waals surface area contributed by atoms with Crippen molar-refractivity contribution in [3.05, 3.63) is 21.9 Å². The lowest BCUT2D eigenvalue weighted by Crippen LogP contribution is -2.43. The van der Waals surface area contributed by atoms with Gasteiger partial charge in [0.2, 0.25) is 0 Å². The molecule has 2 amide bonds. The second kappa shape index (κ2) is 8.36. The summed E-state index contributed by atoms with van der Waals surface area (Å²) in [6.07, 6.45) is 2.53. The number of hydrogen-bond acceptors (Lipinski definition) is 4. The second-order valence-electron chi connectivity index (χ2n) is 5.44. The monoisotopic (exact) mass is 311 g/mol. The molecule has 21 heavy (non-hydrogen) atoms. The zero-order valence-electron chi connectivity index (χ0n) is 12.7. The first-order valence-electron chi connectivity index (χ1n) is 7.60. The molecule has 118 valence electrons. The second-order valence-corrected chi connectivity index (χ2v) is 6.81. The molecule has 2 N–H and O–H groups in total. The van der Waals surface area contributed by atoms with Crippen LogP contribution in [0, 0.1) is 6.92 Å². The number of rotatable bonds is 7. The van der Waals surface area contributed by atoms with Crippen LogP contribution in [0.25, 0.3) is 0 Å². The minimum absolute atomic E-state index is 0.0100. The van der Waals surface area contributed by atoms with Gasteiger partial charge in [-0.2, -0.15) is 0 Å². The summed E-state index contributed by atoms with van der Waals surface area (Å²) in [5.41, 5.74) is 0. The number of carbonyl (C=O) groups is 1. The highest BCUT2D eigenvalue weighted by atomic mass is 32.1. The Morgan fingerprint density at radius 3 is 2.81 bits per heavy atom. The van der Waals surface area contributed by atoms with Gasteiger partial charge in [-0.1, -0.05) is 0 Å². The number of aliphatic hydroxyl groups is 1. The zero-order chi connectivity index (χ0) is 15.1. The normalized spacial score (nSPS) is 15.3. The van der Waals surface area contributed by atoms with Crippen molar-refractivity contribution in [3.63, 3.8) is 0 Å². The number of likely N-dealkylation sites (tertiary alicyclic amines) is 1. The van der Waals surface area contributed by atoms with E-state index >= 15 is 0 Å². The lowest BCUT2D eigenvalue weighted by atomic mass is 10.4. The molecule has 1 aromatic heterocycles. The van der Waals surface area contributed by atoms with Crippen LogP contribution >= 0.6 is 11.3 Å². The van der Waals surface area contributed by atoms with Gasteiger partial charge in [-0.05, 0) is 45.0 Å². The van der Waals surface area contributed by atoms with Gasteiger partial charge < -0.3 is 20.2 Å². The summed E-state index contributed by atoms with van der Waals surface area (Å²) in [4.78, 5) is 18.6. The van der Waals surface area contributed by atoms with Crippen LogP contribution in [0.15, 0.2) is 12.1 Å². The Labute approximate surface area is 130 Å². The summed E-state index contributed by atoms with van der Waals surface area (Å²) in [5.74, 6) is 0. The van der Waals surface area contributed by atoms with Crippen LogP contribution in [0.1, 0.15) is 22.6 Å². The van der Waals surface area contributed by atoms with E-state index in [0.717, 1.165) is 24.5 Å². The van der Waals surface area contributed by atoms with Gasteiger partial charge >= 0.3 is 6.03 Å². The van der Waals surface area contributed by atoms with E-state index in [1.54, 1.807) is 16.2 Å². The SMILES string of the molecule is Cc1ccc(CN(CCO)C(=O)NCCN2CCCC2)s1. The molecule has 0 aromatic carbocycles. The molecule has 2 heterocycles. The van der Waals surface area contributed by atoms with Crippen LogP contribution < -0.4 is 5.32 Å². The molecule has 5 nitrogen and oxygen atoms in total. The summed E-state index contributed by atoms with van der Waals surface area (Å²) >= 11 is 1.69. The van der Waals surface area contributed by atoms with E-state index in [2.05, 4.69) is 23.2 Å². The van der Waals surface area contributed by atoms with Gasteiger partial charge in [0.05, 0.1) is 13.2 Å². The molecule has 0 radical (unpaired) electrons. The van der Waals surface area contributed by atoms with E-state index in [0.29, 0.717) is 19.6 Å². The predicted octanol–water partition coefficient (Wildman–Crippen LogP) is 1.66. The first-order chi connectivity index (χ1) is 10.2. The molecular weight excluding hydrogens is 286 g/mol. The largest absolute Gasteiger partial charge is 0.395 e. The summed E-state index contributed by atoms with van der Waals surface area (Å²) in [6.45, 7) is 6.85. The minimum atomic E-state index is -0.0886. The molecule has 1 saturated heterocycles. The van der Waals surface area contributed by atoms with Crippen molar-refractivity contribution in [2.45, 2.75) is 26.3 Å². The van der Waals surface area contributed by atoms with Crippen LogP contribution in [0.2, 0.25) is 0 Å². The standard InChI is InChI=1S/C15H25N3O2S/c1-13-4-5-14(21-13)12-18(10-11-19)15(20)16-6-9-17-7-2-3-8-17/h4-5,19H,2-3,6-12H2,1H3,(H,16,20). The molecule has 6 heteroatoms. The van der Waals surface area contributed by atoms with Gasteiger partial charge in [0.15, 0.2) is 0 Å². The molecule has 1 aromatic rings. The number of thiophene rings is 1. The molecular formula is C15H25N3O2S. The molecule has 0 aliphatic carbocycles. The summed E-state index contributed by atoms with van der Waals surface area (Å²) < 4.78 is 0. The fraction of sp³-hybridized carbons (Fsp3) is 0.667. The average Bonchev–Trinajstić information content (AvgIpc) is 3.10. The summed E-state index contributed by atoms with van der Waals surface area (Å²) in [6, 6.07) is 4.01.